The van der Waals surface area contributed by atoms with Gasteiger partial charge < -0.3 is 9.47 Å². The van der Waals surface area contributed by atoms with Crippen molar-refractivity contribution in [1.82, 2.24) is 0 Å². The zero-order valence-electron chi connectivity index (χ0n) is 23.2. The molecule has 0 aromatic carbocycles. The lowest BCUT2D eigenvalue weighted by Gasteiger charge is -2.43. The molecular formula is C31H48O4. The van der Waals surface area contributed by atoms with Crippen LogP contribution >= 0.6 is 0 Å². The summed E-state index contributed by atoms with van der Waals surface area (Å²) < 4.78 is 11.1. The van der Waals surface area contributed by atoms with Crippen LogP contribution in [-0.4, -0.2) is 24.1 Å². The average molecular weight is 485 g/mol. The lowest BCUT2D eigenvalue weighted by Crippen LogP contribution is -2.35. The average Bonchev–Trinajstić information content (AvgIpc) is 3.11. The van der Waals surface area contributed by atoms with Crippen LogP contribution in [-0.2, 0) is 19.1 Å². The van der Waals surface area contributed by atoms with E-state index in [-0.39, 0.29) is 24.1 Å². The first kappa shape index (κ1) is 27.7. The van der Waals surface area contributed by atoms with E-state index in [0.29, 0.717) is 24.2 Å². The summed E-state index contributed by atoms with van der Waals surface area (Å²) >= 11 is 0. The van der Waals surface area contributed by atoms with E-state index in [9.17, 15) is 9.59 Å². The molecule has 0 bridgehead atoms. The van der Waals surface area contributed by atoms with Crippen LogP contribution in [0.15, 0.2) is 34.9 Å². The van der Waals surface area contributed by atoms with Crippen LogP contribution in [0.3, 0.4) is 0 Å². The summed E-state index contributed by atoms with van der Waals surface area (Å²) in [6, 6.07) is 0. The molecule has 4 heteroatoms. The third-order valence-electron chi connectivity index (χ3n) is 9.03. The number of ether oxygens (including phenoxy) is 2. The summed E-state index contributed by atoms with van der Waals surface area (Å²) in [4.78, 5) is 23.3. The maximum absolute atomic E-state index is 11.7. The van der Waals surface area contributed by atoms with Crippen LogP contribution in [0.4, 0.5) is 0 Å². The SMILES string of the molecule is CC(=O)O[C@@H]1CC(/C=C\C2=CCC[C@@]3(C)C2CCC3[C@H](C)CCCC(C)C)=C(C)[C@@H](OC(C)=O)C1. The van der Waals surface area contributed by atoms with Gasteiger partial charge in [-0.2, -0.15) is 0 Å². The Morgan fingerprint density at radius 3 is 2.46 bits per heavy atom. The van der Waals surface area contributed by atoms with E-state index in [1.54, 1.807) is 0 Å². The molecule has 4 nitrogen and oxygen atoms in total. The quantitative estimate of drug-likeness (QED) is 0.314. The fourth-order valence-corrected chi connectivity index (χ4v) is 7.20. The normalized spacial score (nSPS) is 31.9. The Kier molecular flexibility index (Phi) is 9.46. The minimum absolute atomic E-state index is 0.256. The van der Waals surface area contributed by atoms with Gasteiger partial charge in [0.25, 0.3) is 0 Å². The Morgan fingerprint density at radius 2 is 1.80 bits per heavy atom. The van der Waals surface area contributed by atoms with Crippen LogP contribution in [0.2, 0.25) is 0 Å². The largest absolute Gasteiger partial charge is 0.462 e. The van der Waals surface area contributed by atoms with Gasteiger partial charge in [0.15, 0.2) is 0 Å². The topological polar surface area (TPSA) is 52.6 Å². The Bertz CT molecular complexity index is 863. The minimum atomic E-state index is -0.335. The van der Waals surface area contributed by atoms with Crippen molar-refractivity contribution in [3.63, 3.8) is 0 Å². The molecule has 0 spiro atoms. The van der Waals surface area contributed by atoms with Gasteiger partial charge in [0.05, 0.1) is 0 Å². The number of hydrogen-bond acceptors (Lipinski definition) is 4. The fourth-order valence-electron chi connectivity index (χ4n) is 7.20. The third-order valence-corrected chi connectivity index (χ3v) is 9.03. The molecule has 0 radical (unpaired) electrons. The van der Waals surface area contributed by atoms with Crippen LogP contribution in [0.5, 0.6) is 0 Å². The highest BCUT2D eigenvalue weighted by molar-refractivity contribution is 5.67. The minimum Gasteiger partial charge on any atom is -0.462 e. The van der Waals surface area contributed by atoms with E-state index in [1.807, 2.05) is 6.92 Å². The molecule has 0 N–H and O–H groups in total. The smallest absolute Gasteiger partial charge is 0.303 e. The van der Waals surface area contributed by atoms with Gasteiger partial charge in [-0.15, -0.1) is 0 Å². The van der Waals surface area contributed by atoms with Crippen molar-refractivity contribution in [2.75, 3.05) is 0 Å². The molecule has 0 aromatic rings. The third kappa shape index (κ3) is 6.89. The van der Waals surface area contributed by atoms with Crippen molar-refractivity contribution < 1.29 is 19.1 Å². The van der Waals surface area contributed by atoms with Gasteiger partial charge in [0.2, 0.25) is 0 Å². The Balaban J connectivity index is 1.75. The van der Waals surface area contributed by atoms with Crippen molar-refractivity contribution in [3.8, 4) is 0 Å². The van der Waals surface area contributed by atoms with Gasteiger partial charge in [0, 0.05) is 26.7 Å². The Labute approximate surface area is 213 Å². The van der Waals surface area contributed by atoms with Gasteiger partial charge in [-0.1, -0.05) is 65.2 Å². The number of fused-ring (bicyclic) bond motifs is 1. The first-order valence-corrected chi connectivity index (χ1v) is 13.9. The first-order valence-electron chi connectivity index (χ1n) is 13.9. The summed E-state index contributed by atoms with van der Waals surface area (Å²) in [5.74, 6) is 2.40. The van der Waals surface area contributed by atoms with E-state index in [1.165, 1.54) is 57.9 Å². The predicted molar refractivity (Wildman–Crippen MR) is 142 cm³/mol. The first-order chi connectivity index (χ1) is 16.5. The standard InChI is InChI=1S/C31H48O4/c1-20(2)10-8-11-21(3)28-15-16-29-25(12-9-17-31(28,29)7)13-14-26-18-27(34-23(5)32)19-30(22(26)4)35-24(6)33/h12-14,20-21,27-30H,8-11,15-19H2,1-7H3/b14-13-/t21-,27-,28?,29?,30+,31-/m1/s1. The summed E-state index contributed by atoms with van der Waals surface area (Å²) in [7, 11) is 0. The van der Waals surface area contributed by atoms with Gasteiger partial charge in [-0.3, -0.25) is 9.59 Å². The molecule has 3 rings (SSSR count). The molecule has 2 unspecified atom stereocenters. The van der Waals surface area contributed by atoms with Crippen molar-refractivity contribution in [3.05, 3.63) is 34.9 Å². The highest BCUT2D eigenvalue weighted by atomic mass is 16.6. The highest BCUT2D eigenvalue weighted by Gasteiger charge is 2.49. The van der Waals surface area contributed by atoms with Crippen LogP contribution in [0.25, 0.3) is 0 Å². The number of carbonyl (C=O) groups is 2. The van der Waals surface area contributed by atoms with E-state index in [0.717, 1.165) is 35.3 Å². The molecule has 0 heterocycles. The van der Waals surface area contributed by atoms with E-state index >= 15 is 0 Å². The molecule has 6 atom stereocenters. The number of rotatable bonds is 9. The zero-order valence-corrected chi connectivity index (χ0v) is 23.2. The van der Waals surface area contributed by atoms with E-state index in [4.69, 9.17) is 9.47 Å². The molecule has 196 valence electrons. The van der Waals surface area contributed by atoms with Crippen molar-refractivity contribution in [2.24, 2.45) is 29.1 Å². The molecule has 3 aliphatic rings. The van der Waals surface area contributed by atoms with Gasteiger partial charge in [0.1, 0.15) is 12.2 Å². The number of allylic oxidation sites excluding steroid dienone is 4. The summed E-state index contributed by atoms with van der Waals surface area (Å²) in [6.07, 6.45) is 16.6. The molecule has 0 saturated heterocycles. The Hall–Kier alpha value is -1.84. The maximum atomic E-state index is 11.7. The number of carbonyl (C=O) groups excluding carboxylic acids is 2. The van der Waals surface area contributed by atoms with E-state index in [2.05, 4.69) is 45.9 Å². The molecule has 35 heavy (non-hydrogen) atoms. The van der Waals surface area contributed by atoms with Gasteiger partial charge in [-0.05, 0) is 78.4 Å². The fraction of sp³-hybridized carbons (Fsp3) is 0.742. The number of hydrogen-bond donors (Lipinski definition) is 0. The second kappa shape index (κ2) is 11.9. The molecule has 1 fully saturated rings. The molecule has 1 saturated carbocycles. The van der Waals surface area contributed by atoms with Crippen molar-refractivity contribution in [1.29, 1.82) is 0 Å². The molecule has 0 aliphatic heterocycles. The number of esters is 2. The second-order valence-corrected chi connectivity index (χ2v) is 12.1. The molecule has 3 aliphatic carbocycles. The second-order valence-electron chi connectivity index (χ2n) is 12.1. The monoisotopic (exact) mass is 484 g/mol. The Morgan fingerprint density at radius 1 is 1.09 bits per heavy atom. The van der Waals surface area contributed by atoms with Crippen LogP contribution < -0.4 is 0 Å². The van der Waals surface area contributed by atoms with E-state index < -0.39 is 0 Å². The van der Waals surface area contributed by atoms with Crippen LogP contribution in [0.1, 0.15) is 106 Å². The maximum Gasteiger partial charge on any atom is 0.303 e. The zero-order chi connectivity index (χ0) is 25.8. The highest BCUT2D eigenvalue weighted by Crippen LogP contribution is 2.58. The van der Waals surface area contributed by atoms with Gasteiger partial charge >= 0.3 is 11.9 Å². The summed E-state index contributed by atoms with van der Waals surface area (Å²) in [5, 5.41) is 0. The van der Waals surface area contributed by atoms with Crippen molar-refractivity contribution >= 4 is 11.9 Å². The summed E-state index contributed by atoms with van der Waals surface area (Å²) in [5.41, 5.74) is 4.04. The van der Waals surface area contributed by atoms with Gasteiger partial charge in [-0.25, -0.2) is 0 Å². The van der Waals surface area contributed by atoms with Crippen molar-refractivity contribution in [2.45, 2.75) is 118 Å². The lowest BCUT2D eigenvalue weighted by atomic mass is 9.62. The lowest BCUT2D eigenvalue weighted by molar-refractivity contribution is -0.151. The molecule has 0 amide bonds. The molecular weight excluding hydrogens is 436 g/mol. The summed E-state index contributed by atoms with van der Waals surface area (Å²) in [6.45, 7) is 14.6. The predicted octanol–water partition coefficient (Wildman–Crippen LogP) is 7.73. The molecule has 0 aromatic heterocycles. The van der Waals surface area contributed by atoms with Crippen LogP contribution in [0, 0.1) is 29.1 Å².